The second-order valence-corrected chi connectivity index (χ2v) is 6.99. The molecule has 2 aliphatic rings. The number of rotatable bonds is 3. The summed E-state index contributed by atoms with van der Waals surface area (Å²) in [5, 5.41) is 1.12. The van der Waals surface area contributed by atoms with E-state index in [0.717, 1.165) is 27.5 Å². The summed E-state index contributed by atoms with van der Waals surface area (Å²) in [6, 6.07) is 16.4. The monoisotopic (exact) mass is 357 g/mol. The van der Waals surface area contributed by atoms with Crippen LogP contribution in [-0.4, -0.2) is 25.3 Å². The zero-order valence-electron chi connectivity index (χ0n) is 15.3. The number of ether oxygens (including phenoxy) is 1. The first-order valence-corrected chi connectivity index (χ1v) is 9.24. The second-order valence-electron chi connectivity index (χ2n) is 6.99. The Balaban J connectivity index is 1.57. The molecule has 5 rings (SSSR count). The maximum atomic E-state index is 6.46. The van der Waals surface area contributed by atoms with Crippen molar-refractivity contribution in [3.05, 3.63) is 77.5 Å². The minimum Gasteiger partial charge on any atom is -0.398 e. The van der Waals surface area contributed by atoms with E-state index in [1.807, 2.05) is 31.3 Å². The molecule has 0 spiro atoms. The van der Waals surface area contributed by atoms with E-state index >= 15 is 0 Å². The van der Waals surface area contributed by atoms with Gasteiger partial charge >= 0.3 is 7.12 Å². The van der Waals surface area contributed by atoms with Gasteiger partial charge in [-0.1, -0.05) is 48.6 Å². The summed E-state index contributed by atoms with van der Waals surface area (Å²) in [6.07, 6.45) is 5.76. The molecule has 0 N–H and O–H groups in total. The summed E-state index contributed by atoms with van der Waals surface area (Å²) < 4.78 is 18.3. The van der Waals surface area contributed by atoms with Crippen LogP contribution in [0.1, 0.15) is 35.8 Å². The van der Waals surface area contributed by atoms with Gasteiger partial charge in [-0.2, -0.15) is 0 Å². The average molecular weight is 357 g/mol. The highest BCUT2D eigenvalue weighted by Crippen LogP contribution is 2.41. The molecule has 4 nitrogen and oxygen atoms in total. The number of benzene rings is 2. The molecule has 27 heavy (non-hydrogen) atoms. The van der Waals surface area contributed by atoms with Crippen molar-refractivity contribution >= 4 is 29.6 Å². The van der Waals surface area contributed by atoms with Crippen LogP contribution in [0.4, 0.5) is 0 Å². The third-order valence-electron chi connectivity index (χ3n) is 5.50. The fraction of sp³-hybridized carbons (Fsp3) is 0.227. The van der Waals surface area contributed by atoms with Gasteiger partial charge in [0.2, 0.25) is 0 Å². The zero-order chi connectivity index (χ0) is 18.4. The molecule has 1 aliphatic carbocycles. The van der Waals surface area contributed by atoms with Crippen LogP contribution in [-0.2, 0) is 14.0 Å². The van der Waals surface area contributed by atoms with Gasteiger partial charge in [-0.3, -0.25) is 4.98 Å². The number of pyridine rings is 1. The molecule has 1 fully saturated rings. The molecular weight excluding hydrogens is 337 g/mol. The smallest absolute Gasteiger partial charge is 0.398 e. The Morgan fingerprint density at radius 2 is 1.96 bits per heavy atom. The van der Waals surface area contributed by atoms with Gasteiger partial charge in [-0.25, -0.2) is 0 Å². The van der Waals surface area contributed by atoms with Gasteiger partial charge < -0.3 is 14.0 Å². The Morgan fingerprint density at radius 3 is 2.85 bits per heavy atom. The molecule has 3 aromatic rings. The van der Waals surface area contributed by atoms with Crippen LogP contribution in [0.25, 0.3) is 17.0 Å². The lowest BCUT2D eigenvalue weighted by Gasteiger charge is -2.23. The Labute approximate surface area is 158 Å². The number of aromatic nitrogens is 1. The lowest BCUT2D eigenvalue weighted by atomic mass is 9.75. The lowest BCUT2D eigenvalue weighted by molar-refractivity contribution is 0.120. The van der Waals surface area contributed by atoms with E-state index in [0.29, 0.717) is 0 Å². The van der Waals surface area contributed by atoms with Crippen LogP contribution in [0.5, 0.6) is 0 Å². The van der Waals surface area contributed by atoms with Gasteiger partial charge in [-0.05, 0) is 41.2 Å². The maximum absolute atomic E-state index is 6.46. The van der Waals surface area contributed by atoms with Crippen LogP contribution in [0.3, 0.4) is 0 Å². The molecule has 1 aliphatic heterocycles. The topological polar surface area (TPSA) is 40.6 Å². The fourth-order valence-corrected chi connectivity index (χ4v) is 4.06. The predicted molar refractivity (Wildman–Crippen MR) is 107 cm³/mol. The summed E-state index contributed by atoms with van der Waals surface area (Å²) in [5.41, 5.74) is 5.42. The first-order chi connectivity index (χ1) is 13.3. The highest BCUT2D eigenvalue weighted by Gasteiger charge is 2.44. The van der Waals surface area contributed by atoms with Crippen LogP contribution in [0.2, 0.25) is 0 Å². The van der Waals surface area contributed by atoms with Crippen LogP contribution < -0.4 is 5.46 Å². The van der Waals surface area contributed by atoms with Gasteiger partial charge in [0.05, 0.1) is 23.8 Å². The Kier molecular flexibility index (Phi) is 4.08. The first-order valence-electron chi connectivity index (χ1n) is 9.24. The molecule has 1 saturated heterocycles. The molecule has 0 radical (unpaired) electrons. The third-order valence-corrected chi connectivity index (χ3v) is 5.50. The predicted octanol–water partition coefficient (Wildman–Crippen LogP) is 3.82. The lowest BCUT2D eigenvalue weighted by Crippen LogP contribution is -2.36. The quantitative estimate of drug-likeness (QED) is 0.669. The van der Waals surface area contributed by atoms with Crippen molar-refractivity contribution in [2.45, 2.75) is 25.2 Å². The minimum atomic E-state index is -0.420. The van der Waals surface area contributed by atoms with E-state index in [-0.39, 0.29) is 18.3 Å². The Hall–Kier alpha value is -2.47. The van der Waals surface area contributed by atoms with Crippen molar-refractivity contribution in [3.8, 4) is 0 Å². The summed E-state index contributed by atoms with van der Waals surface area (Å²) in [4.78, 5) is 4.49. The molecule has 0 unspecified atom stereocenters. The van der Waals surface area contributed by atoms with Crippen molar-refractivity contribution < 1.29 is 14.0 Å². The van der Waals surface area contributed by atoms with Crippen molar-refractivity contribution in [2.24, 2.45) is 0 Å². The van der Waals surface area contributed by atoms with E-state index < -0.39 is 7.12 Å². The highest BCUT2D eigenvalue weighted by molar-refractivity contribution is 6.62. The number of hydrogen-bond acceptors (Lipinski definition) is 4. The highest BCUT2D eigenvalue weighted by atomic mass is 16.7. The molecule has 0 amide bonds. The van der Waals surface area contributed by atoms with Crippen molar-refractivity contribution in [1.29, 1.82) is 0 Å². The third kappa shape index (κ3) is 2.70. The molecule has 2 aromatic carbocycles. The summed E-state index contributed by atoms with van der Waals surface area (Å²) in [6.45, 7) is 2.04. The molecular formula is C22H20BNO3. The normalized spacial score (nSPS) is 21.9. The van der Waals surface area contributed by atoms with E-state index in [1.54, 1.807) is 7.11 Å². The van der Waals surface area contributed by atoms with Gasteiger partial charge in [-0.15, -0.1) is 0 Å². The van der Waals surface area contributed by atoms with Crippen LogP contribution in [0.15, 0.2) is 60.8 Å². The van der Waals surface area contributed by atoms with Gasteiger partial charge in [0.25, 0.3) is 0 Å². The first kappa shape index (κ1) is 16.7. The maximum Gasteiger partial charge on any atom is 0.495 e. The molecule has 0 saturated carbocycles. The van der Waals surface area contributed by atoms with Gasteiger partial charge in [0, 0.05) is 18.7 Å². The molecule has 5 heteroatoms. The molecule has 134 valence electrons. The molecule has 2 heterocycles. The van der Waals surface area contributed by atoms with Crippen molar-refractivity contribution in [3.63, 3.8) is 0 Å². The number of nitrogens with zero attached hydrogens (tertiary/aromatic N) is 1. The molecule has 3 atom stereocenters. The SMILES string of the molecule is CO[C@H](C)c1ccccc1B1O[C@H]2C=Cc3ccc4ncccc4c3[C@H]2O1. The summed E-state index contributed by atoms with van der Waals surface area (Å²) >= 11 is 0. The van der Waals surface area contributed by atoms with Crippen LogP contribution in [0, 0.1) is 0 Å². The standard InChI is InChI=1S/C22H20BNO3/c1-14(25-2)16-6-3-4-8-18(16)23-26-20-12-10-15-9-11-19-17(7-5-13-24-19)21(15)22(20)27-23/h3-14,20,22H,1-2H3/t14-,20+,22+/m1/s1. The van der Waals surface area contributed by atoms with E-state index in [1.165, 1.54) is 5.56 Å². The number of hydrogen-bond donors (Lipinski definition) is 0. The van der Waals surface area contributed by atoms with Crippen LogP contribution >= 0.6 is 0 Å². The average Bonchev–Trinajstić information content (AvgIpc) is 3.17. The molecule has 0 bridgehead atoms. The Bertz CT molecular complexity index is 1030. The van der Waals surface area contributed by atoms with Gasteiger partial charge in [0.15, 0.2) is 0 Å². The molecule has 1 aromatic heterocycles. The van der Waals surface area contributed by atoms with E-state index in [4.69, 9.17) is 14.0 Å². The largest absolute Gasteiger partial charge is 0.495 e. The van der Waals surface area contributed by atoms with Crippen molar-refractivity contribution in [2.75, 3.05) is 7.11 Å². The number of fused-ring (bicyclic) bond motifs is 5. The number of methoxy groups -OCH3 is 1. The zero-order valence-corrected chi connectivity index (χ0v) is 15.3. The summed E-state index contributed by atoms with van der Waals surface area (Å²) in [7, 11) is 1.30. The fourth-order valence-electron chi connectivity index (χ4n) is 4.06. The van der Waals surface area contributed by atoms with E-state index in [9.17, 15) is 0 Å². The van der Waals surface area contributed by atoms with Crippen molar-refractivity contribution in [1.82, 2.24) is 4.98 Å². The minimum absolute atomic E-state index is 0.0242. The van der Waals surface area contributed by atoms with Gasteiger partial charge in [0.1, 0.15) is 0 Å². The second kappa shape index (κ2) is 6.61. The Morgan fingerprint density at radius 1 is 1.07 bits per heavy atom. The van der Waals surface area contributed by atoms with E-state index in [2.05, 4.69) is 47.5 Å². The summed E-state index contributed by atoms with van der Waals surface area (Å²) in [5.74, 6) is 0.